The van der Waals surface area contributed by atoms with Crippen LogP contribution in [0.1, 0.15) is 0 Å². The van der Waals surface area contributed by atoms with E-state index >= 15 is 0 Å². The van der Waals surface area contributed by atoms with Gasteiger partial charge in [0.25, 0.3) is 0 Å². The van der Waals surface area contributed by atoms with Gasteiger partial charge < -0.3 is 0 Å². The van der Waals surface area contributed by atoms with Gasteiger partial charge in [-0.1, -0.05) is 0 Å². The van der Waals surface area contributed by atoms with Crippen LogP contribution in [0.2, 0.25) is 0 Å². The molecule has 3 heteroatoms. The Morgan fingerprint density at radius 3 is 2.00 bits per heavy atom. The summed E-state index contributed by atoms with van der Waals surface area (Å²) in [5.41, 5.74) is 0. The van der Waals surface area contributed by atoms with Crippen LogP contribution in [0, 0.1) is 0 Å². The fourth-order valence-electron chi connectivity index (χ4n) is 0.228. The summed E-state index contributed by atoms with van der Waals surface area (Å²) in [4.78, 5) is 7.62. The van der Waals surface area contributed by atoms with Crippen molar-refractivity contribution in [3.8, 4) is 0 Å². The molecule has 0 amide bonds. The van der Waals surface area contributed by atoms with E-state index in [4.69, 9.17) is 0 Å². The van der Waals surface area contributed by atoms with Gasteiger partial charge in [-0.25, -0.2) is 0 Å². The summed E-state index contributed by atoms with van der Waals surface area (Å²) in [6, 6.07) is 0. The molecule has 0 saturated carbocycles. The van der Waals surface area contributed by atoms with Gasteiger partial charge in [-0.15, -0.1) is 0 Å². The van der Waals surface area contributed by atoms with Crippen LogP contribution < -0.4 is 0 Å². The molecule has 0 aromatic carbocycles. The summed E-state index contributed by atoms with van der Waals surface area (Å²) in [6.07, 6.45) is 3.36. The van der Waals surface area contributed by atoms with Crippen molar-refractivity contribution in [1.29, 1.82) is 0 Å². The predicted molar refractivity (Wildman–Crippen MR) is 27.7 cm³/mol. The monoisotopic (exact) mass is 196 g/mol. The maximum absolute atomic E-state index is 3.81. The van der Waals surface area contributed by atoms with Gasteiger partial charge >= 0.3 is 48.0 Å². The first kappa shape index (κ1) is 4.17. The molecule has 6 heavy (non-hydrogen) atoms. The molecule has 1 aliphatic heterocycles. The van der Waals surface area contributed by atoms with Gasteiger partial charge in [-0.05, 0) is 0 Å². The molecular formula is C3H2N2Te. The fraction of sp³-hybridized carbons (Fsp3) is 0. The standard InChI is InChI=1S/C3H2N2Te/c6-3-4-1-2-5-3/h1-2H. The molecule has 0 spiro atoms. The molecule has 0 bridgehead atoms. The van der Waals surface area contributed by atoms with E-state index in [2.05, 4.69) is 9.98 Å². The molecule has 0 radical (unpaired) electrons. The molecule has 0 fully saturated rings. The summed E-state index contributed by atoms with van der Waals surface area (Å²) in [6.45, 7) is 0. The van der Waals surface area contributed by atoms with Crippen molar-refractivity contribution in [3.63, 3.8) is 0 Å². The van der Waals surface area contributed by atoms with Crippen molar-refractivity contribution in [2.45, 2.75) is 0 Å². The van der Waals surface area contributed by atoms with Crippen molar-refractivity contribution >= 4 is 38.0 Å². The second kappa shape index (κ2) is 1.63. The summed E-state index contributed by atoms with van der Waals surface area (Å²) < 4.78 is 0.853. The van der Waals surface area contributed by atoms with Crippen molar-refractivity contribution in [3.05, 3.63) is 0 Å². The third-order valence-corrected chi connectivity index (χ3v) is 1.04. The van der Waals surface area contributed by atoms with E-state index in [9.17, 15) is 0 Å². The molecular weight excluding hydrogens is 192 g/mol. The van der Waals surface area contributed by atoms with Crippen LogP contribution in [0.3, 0.4) is 0 Å². The van der Waals surface area contributed by atoms with E-state index in [0.717, 1.165) is 3.80 Å². The summed E-state index contributed by atoms with van der Waals surface area (Å²) >= 11 is 1.80. The molecule has 0 N–H and O–H groups in total. The number of hydrogen-bond acceptors (Lipinski definition) is 2. The van der Waals surface area contributed by atoms with Crippen LogP contribution in [0.25, 0.3) is 0 Å². The van der Waals surface area contributed by atoms with E-state index in [1.165, 1.54) is 0 Å². The molecule has 0 aromatic heterocycles. The normalized spacial score (nSPS) is 17.0. The zero-order valence-corrected chi connectivity index (χ0v) is 5.29. The molecule has 1 aliphatic rings. The van der Waals surface area contributed by atoms with Gasteiger partial charge in [0.15, 0.2) is 0 Å². The second-order valence-corrected chi connectivity index (χ2v) is 1.88. The number of hydrogen-bond donors (Lipinski definition) is 0. The number of aliphatic imine (C=N–C) groups is 2. The molecule has 1 rings (SSSR count). The Bertz CT molecular complexity index is 111. The van der Waals surface area contributed by atoms with Crippen LogP contribution in [-0.4, -0.2) is 38.0 Å². The Morgan fingerprint density at radius 1 is 1.33 bits per heavy atom. The van der Waals surface area contributed by atoms with Gasteiger partial charge in [0.2, 0.25) is 0 Å². The molecule has 0 saturated heterocycles. The zero-order chi connectivity index (χ0) is 4.41. The first-order chi connectivity index (χ1) is 2.89. The number of nitrogens with zero attached hydrogens (tertiary/aromatic N) is 2. The Labute approximate surface area is 48.4 Å². The Kier molecular flexibility index (Phi) is 1.13. The summed E-state index contributed by atoms with van der Waals surface area (Å²) in [7, 11) is 0. The third kappa shape index (κ3) is 0.735. The summed E-state index contributed by atoms with van der Waals surface area (Å²) in [5, 5.41) is 0. The van der Waals surface area contributed by atoms with E-state index in [0.29, 0.717) is 0 Å². The van der Waals surface area contributed by atoms with Crippen LogP contribution >= 0.6 is 0 Å². The van der Waals surface area contributed by atoms with E-state index in [1.54, 1.807) is 34.3 Å². The van der Waals surface area contributed by atoms with Crippen molar-refractivity contribution < 1.29 is 0 Å². The molecule has 0 unspecified atom stereocenters. The van der Waals surface area contributed by atoms with Gasteiger partial charge in [-0.3, -0.25) is 0 Å². The second-order valence-electron chi connectivity index (χ2n) is 0.839. The fourth-order valence-corrected chi connectivity index (χ4v) is 0.575. The van der Waals surface area contributed by atoms with E-state index < -0.39 is 0 Å². The van der Waals surface area contributed by atoms with Gasteiger partial charge in [0.1, 0.15) is 0 Å². The van der Waals surface area contributed by atoms with Gasteiger partial charge in [-0.2, -0.15) is 0 Å². The Morgan fingerprint density at radius 2 is 1.83 bits per heavy atom. The minimum absolute atomic E-state index is 0.853. The van der Waals surface area contributed by atoms with Crippen molar-refractivity contribution in [1.82, 2.24) is 0 Å². The van der Waals surface area contributed by atoms with E-state index in [-0.39, 0.29) is 0 Å². The van der Waals surface area contributed by atoms with Gasteiger partial charge in [0, 0.05) is 0 Å². The quantitative estimate of drug-likeness (QED) is 0.459. The predicted octanol–water partition coefficient (Wildman–Crippen LogP) is -0.603. The molecule has 1 heterocycles. The van der Waals surface area contributed by atoms with Crippen LogP contribution in [0.4, 0.5) is 0 Å². The Hall–Kier alpha value is -0.000390. The van der Waals surface area contributed by atoms with E-state index in [1.807, 2.05) is 0 Å². The van der Waals surface area contributed by atoms with Crippen molar-refractivity contribution in [2.24, 2.45) is 9.98 Å². The minimum atomic E-state index is 0.853. The summed E-state index contributed by atoms with van der Waals surface area (Å²) in [5.74, 6) is 0. The first-order valence-electron chi connectivity index (χ1n) is 1.50. The molecule has 0 aromatic rings. The van der Waals surface area contributed by atoms with Crippen molar-refractivity contribution in [2.75, 3.05) is 0 Å². The Balaban J connectivity index is 2.86. The number of rotatable bonds is 0. The average molecular weight is 194 g/mol. The van der Waals surface area contributed by atoms with Crippen LogP contribution in [0.5, 0.6) is 0 Å². The van der Waals surface area contributed by atoms with Gasteiger partial charge in [0.05, 0.1) is 0 Å². The molecule has 2 nitrogen and oxygen atoms in total. The van der Waals surface area contributed by atoms with Crippen LogP contribution in [0.15, 0.2) is 9.98 Å². The molecule has 0 atom stereocenters. The maximum atomic E-state index is 3.81. The van der Waals surface area contributed by atoms with Crippen LogP contribution in [-0.2, 0) is 0 Å². The zero-order valence-electron chi connectivity index (χ0n) is 2.96. The topological polar surface area (TPSA) is 24.7 Å². The third-order valence-electron chi connectivity index (χ3n) is 0.437. The molecule has 0 aliphatic carbocycles. The SMILES string of the molecule is [Te]=C1N=CC=N1. The molecule has 30 valence electrons. The first-order valence-corrected chi connectivity index (χ1v) is 2.67. The average Bonchev–Trinajstić information content (AvgIpc) is 1.86.